The van der Waals surface area contributed by atoms with Crippen LogP contribution in [0.15, 0.2) is 0 Å². The number of nitrogens with two attached hydrogens (primary N) is 1. The Balaban J connectivity index is 2.33. The van der Waals surface area contributed by atoms with E-state index < -0.39 is 5.97 Å². The summed E-state index contributed by atoms with van der Waals surface area (Å²) in [7, 11) is 0. The van der Waals surface area contributed by atoms with Gasteiger partial charge in [0.15, 0.2) is 0 Å². The summed E-state index contributed by atoms with van der Waals surface area (Å²) in [5.74, 6) is -0.697. The first kappa shape index (κ1) is 15.8. The van der Waals surface area contributed by atoms with Crippen molar-refractivity contribution in [2.24, 2.45) is 11.7 Å². The molecule has 7 heteroatoms. The number of rotatable bonds is 6. The molecule has 0 aliphatic carbocycles. The lowest BCUT2D eigenvalue weighted by molar-refractivity contribution is -0.147. The maximum atomic E-state index is 12.0. The molecule has 1 aliphatic rings. The average molecular weight is 288 g/mol. The van der Waals surface area contributed by atoms with E-state index in [1.165, 1.54) is 11.8 Å². The van der Waals surface area contributed by atoms with E-state index in [4.69, 9.17) is 10.8 Å². The second-order valence-electron chi connectivity index (χ2n) is 4.76. The van der Waals surface area contributed by atoms with Crippen LogP contribution in [0, 0.1) is 5.92 Å². The Kier molecular flexibility index (Phi) is 6.14. The fraction of sp³-hybridized carbons (Fsp3) is 0.750. The lowest BCUT2D eigenvalue weighted by Crippen LogP contribution is -2.46. The van der Waals surface area contributed by atoms with Gasteiger partial charge in [-0.3, -0.25) is 14.4 Å². The van der Waals surface area contributed by atoms with Gasteiger partial charge in [0.05, 0.1) is 11.7 Å². The number of hydrogen-bond donors (Lipinski definition) is 2. The molecule has 19 heavy (non-hydrogen) atoms. The molecule has 1 heterocycles. The topological polar surface area (TPSA) is 101 Å². The minimum atomic E-state index is -0.782. The highest BCUT2D eigenvalue weighted by molar-refractivity contribution is 7.99. The van der Waals surface area contributed by atoms with Crippen molar-refractivity contribution in [2.75, 3.05) is 18.1 Å². The number of piperidine rings is 1. The Morgan fingerprint density at radius 3 is 2.63 bits per heavy atom. The average Bonchev–Trinajstić information content (AvgIpc) is 2.33. The van der Waals surface area contributed by atoms with Crippen LogP contribution in [0.1, 0.15) is 26.2 Å². The minimum absolute atomic E-state index is 0.0216. The molecule has 1 rings (SSSR count). The molecule has 0 bridgehead atoms. The quantitative estimate of drug-likeness (QED) is 0.685. The van der Waals surface area contributed by atoms with Gasteiger partial charge in [-0.25, -0.2) is 0 Å². The number of amides is 2. The van der Waals surface area contributed by atoms with E-state index in [9.17, 15) is 14.4 Å². The van der Waals surface area contributed by atoms with Crippen molar-refractivity contribution in [1.82, 2.24) is 4.90 Å². The monoisotopic (exact) mass is 288 g/mol. The number of carboxylic acids is 1. The fourth-order valence-electron chi connectivity index (χ4n) is 2.24. The molecule has 2 unspecified atom stereocenters. The van der Waals surface area contributed by atoms with Crippen LogP contribution in [0.5, 0.6) is 0 Å². The third-order valence-corrected chi connectivity index (χ3v) is 4.23. The second-order valence-corrected chi connectivity index (χ2v) is 5.87. The van der Waals surface area contributed by atoms with Gasteiger partial charge in [0.25, 0.3) is 0 Å². The van der Waals surface area contributed by atoms with Gasteiger partial charge in [0.2, 0.25) is 11.8 Å². The zero-order valence-corrected chi connectivity index (χ0v) is 11.8. The summed E-state index contributed by atoms with van der Waals surface area (Å²) < 4.78 is 0. The number of nitrogens with zero attached hydrogens (tertiary/aromatic N) is 1. The van der Waals surface area contributed by atoms with Crippen LogP contribution < -0.4 is 5.73 Å². The van der Waals surface area contributed by atoms with Crippen molar-refractivity contribution in [2.45, 2.75) is 32.2 Å². The third-order valence-electron chi connectivity index (χ3n) is 3.25. The molecule has 0 aromatic rings. The highest BCUT2D eigenvalue weighted by Gasteiger charge is 2.31. The van der Waals surface area contributed by atoms with Crippen LogP contribution >= 0.6 is 11.8 Å². The SMILES string of the molecule is CC1CC(C(=O)O)CCN1C(=O)CCSCC(N)=O. The number of carbonyl (C=O) groups excluding carboxylic acids is 2. The summed E-state index contributed by atoms with van der Waals surface area (Å²) >= 11 is 1.34. The van der Waals surface area contributed by atoms with Crippen molar-refractivity contribution >= 4 is 29.5 Å². The molecule has 0 aromatic heterocycles. The number of thioether (sulfide) groups is 1. The van der Waals surface area contributed by atoms with E-state index in [1.54, 1.807) is 4.90 Å². The van der Waals surface area contributed by atoms with Crippen molar-refractivity contribution in [3.05, 3.63) is 0 Å². The number of carbonyl (C=O) groups is 3. The Bertz CT molecular complexity index is 362. The van der Waals surface area contributed by atoms with E-state index in [1.807, 2.05) is 6.92 Å². The maximum absolute atomic E-state index is 12.0. The largest absolute Gasteiger partial charge is 0.481 e. The normalized spacial score (nSPS) is 23.1. The summed E-state index contributed by atoms with van der Waals surface area (Å²) in [5, 5.41) is 8.96. The van der Waals surface area contributed by atoms with Crippen LogP contribution in [0.25, 0.3) is 0 Å². The summed E-state index contributed by atoms with van der Waals surface area (Å²) in [4.78, 5) is 35.2. The molecule has 2 amide bonds. The van der Waals surface area contributed by atoms with Crippen molar-refractivity contribution in [1.29, 1.82) is 0 Å². The molecular weight excluding hydrogens is 268 g/mol. The van der Waals surface area contributed by atoms with Gasteiger partial charge in [-0.1, -0.05) is 0 Å². The minimum Gasteiger partial charge on any atom is -0.481 e. The first-order valence-corrected chi connectivity index (χ1v) is 7.45. The summed E-state index contributed by atoms with van der Waals surface area (Å²) in [6, 6.07) is -0.0384. The molecule has 0 spiro atoms. The Morgan fingerprint density at radius 1 is 1.42 bits per heavy atom. The molecule has 1 saturated heterocycles. The predicted octanol–water partition coefficient (Wildman–Crippen LogP) is 0.307. The van der Waals surface area contributed by atoms with Gasteiger partial charge in [-0.05, 0) is 19.8 Å². The van der Waals surface area contributed by atoms with Gasteiger partial charge < -0.3 is 15.7 Å². The maximum Gasteiger partial charge on any atom is 0.306 e. The van der Waals surface area contributed by atoms with E-state index in [-0.39, 0.29) is 29.5 Å². The second kappa shape index (κ2) is 7.37. The Hall–Kier alpha value is -1.24. The molecular formula is C12H20N2O4S. The van der Waals surface area contributed by atoms with E-state index >= 15 is 0 Å². The van der Waals surface area contributed by atoms with Crippen LogP contribution in [0.3, 0.4) is 0 Å². The summed E-state index contributed by atoms with van der Waals surface area (Å²) in [5.41, 5.74) is 5.01. The third kappa shape index (κ3) is 5.10. The molecule has 108 valence electrons. The Labute approximate surface area is 116 Å². The predicted molar refractivity (Wildman–Crippen MR) is 72.7 cm³/mol. The molecule has 6 nitrogen and oxygen atoms in total. The van der Waals surface area contributed by atoms with Crippen LogP contribution in [0.2, 0.25) is 0 Å². The number of likely N-dealkylation sites (tertiary alicyclic amines) is 1. The molecule has 0 radical (unpaired) electrons. The first-order valence-electron chi connectivity index (χ1n) is 6.30. The standard InChI is InChI=1S/C12H20N2O4S/c1-8-6-9(12(17)18)2-4-14(8)11(16)3-5-19-7-10(13)15/h8-9H,2-7H2,1H3,(H2,13,15)(H,17,18). The number of primary amides is 1. The highest BCUT2D eigenvalue weighted by atomic mass is 32.2. The van der Waals surface area contributed by atoms with Gasteiger partial charge in [0.1, 0.15) is 0 Å². The van der Waals surface area contributed by atoms with Gasteiger partial charge in [0, 0.05) is 24.8 Å². The Morgan fingerprint density at radius 2 is 2.11 bits per heavy atom. The lowest BCUT2D eigenvalue weighted by atomic mass is 9.91. The number of hydrogen-bond acceptors (Lipinski definition) is 4. The first-order chi connectivity index (χ1) is 8.91. The van der Waals surface area contributed by atoms with Gasteiger partial charge >= 0.3 is 5.97 Å². The zero-order valence-electron chi connectivity index (χ0n) is 11.0. The molecule has 0 aromatic carbocycles. The van der Waals surface area contributed by atoms with Crippen molar-refractivity contribution in [3.63, 3.8) is 0 Å². The van der Waals surface area contributed by atoms with Crippen LogP contribution in [-0.4, -0.2) is 51.9 Å². The van der Waals surface area contributed by atoms with Crippen LogP contribution in [0.4, 0.5) is 0 Å². The van der Waals surface area contributed by atoms with Crippen molar-refractivity contribution < 1.29 is 19.5 Å². The summed E-state index contributed by atoms with van der Waals surface area (Å²) in [6.07, 6.45) is 1.38. The molecule has 1 aliphatic heterocycles. The highest BCUT2D eigenvalue weighted by Crippen LogP contribution is 2.23. The summed E-state index contributed by atoms with van der Waals surface area (Å²) in [6.45, 7) is 2.38. The number of carboxylic acid groups (broad SMARTS) is 1. The molecule has 1 fully saturated rings. The van der Waals surface area contributed by atoms with Gasteiger partial charge in [-0.15, -0.1) is 0 Å². The van der Waals surface area contributed by atoms with E-state index in [2.05, 4.69) is 0 Å². The lowest BCUT2D eigenvalue weighted by Gasteiger charge is -2.36. The molecule has 0 saturated carbocycles. The molecule has 3 N–H and O–H groups in total. The van der Waals surface area contributed by atoms with Crippen molar-refractivity contribution in [3.8, 4) is 0 Å². The van der Waals surface area contributed by atoms with E-state index in [0.29, 0.717) is 31.6 Å². The van der Waals surface area contributed by atoms with Gasteiger partial charge in [-0.2, -0.15) is 11.8 Å². The fourth-order valence-corrected chi connectivity index (χ4v) is 2.91. The van der Waals surface area contributed by atoms with E-state index in [0.717, 1.165) is 0 Å². The zero-order chi connectivity index (χ0) is 14.4. The smallest absolute Gasteiger partial charge is 0.306 e. The molecule has 2 atom stereocenters. The number of aliphatic carboxylic acids is 1. The van der Waals surface area contributed by atoms with Crippen LogP contribution in [-0.2, 0) is 14.4 Å².